The highest BCUT2D eigenvalue weighted by Gasteiger charge is 2.29. The largest absolute Gasteiger partial charge is 0.481 e. The second-order valence-electron chi connectivity index (χ2n) is 8.52. The fourth-order valence-electron chi connectivity index (χ4n) is 4.39. The van der Waals surface area contributed by atoms with Gasteiger partial charge in [0, 0.05) is 37.9 Å². The van der Waals surface area contributed by atoms with E-state index in [-0.39, 0.29) is 36.8 Å². The van der Waals surface area contributed by atoms with Crippen LogP contribution in [0.2, 0.25) is 0 Å². The van der Waals surface area contributed by atoms with E-state index < -0.39 is 6.17 Å². The molecule has 0 spiro atoms. The summed E-state index contributed by atoms with van der Waals surface area (Å²) in [7, 11) is 1.60. The lowest BCUT2D eigenvalue weighted by atomic mass is 10.0. The number of nitrogens with zero attached hydrogens (tertiary/aromatic N) is 4. The zero-order valence-electron chi connectivity index (χ0n) is 19.8. The molecule has 0 radical (unpaired) electrons. The highest BCUT2D eigenvalue weighted by Crippen LogP contribution is 2.29. The van der Waals surface area contributed by atoms with Gasteiger partial charge in [-0.15, -0.1) is 36.6 Å². The molecule has 0 aliphatic carbocycles. The van der Waals surface area contributed by atoms with Crippen LogP contribution in [-0.2, 0) is 17.8 Å². The van der Waals surface area contributed by atoms with Crippen molar-refractivity contribution in [3.05, 3.63) is 47.8 Å². The van der Waals surface area contributed by atoms with Crippen LogP contribution in [0.4, 0.5) is 10.2 Å². The third kappa shape index (κ3) is 6.54. The molecule has 0 aromatic carbocycles. The first-order valence-corrected chi connectivity index (χ1v) is 12.4. The van der Waals surface area contributed by atoms with E-state index in [1.165, 1.54) is 11.8 Å². The molecule has 1 fully saturated rings. The van der Waals surface area contributed by atoms with Gasteiger partial charge in [0.05, 0.1) is 34.5 Å². The molecular formula is C24H29Cl2FN6O2S. The molecule has 2 N–H and O–H groups in total. The van der Waals surface area contributed by atoms with Crippen molar-refractivity contribution < 1.29 is 13.9 Å². The van der Waals surface area contributed by atoms with E-state index in [4.69, 9.17) is 4.74 Å². The predicted molar refractivity (Wildman–Crippen MR) is 144 cm³/mol. The number of nitrogens with one attached hydrogen (secondary N) is 2. The molecule has 3 aromatic heterocycles. The number of carbonyl (C=O) groups excluding carboxylic acids is 1. The minimum atomic E-state index is -0.964. The van der Waals surface area contributed by atoms with Crippen molar-refractivity contribution in [1.82, 2.24) is 25.2 Å². The first-order chi connectivity index (χ1) is 16.6. The summed E-state index contributed by atoms with van der Waals surface area (Å²) >= 11 is 1.48. The first kappa shape index (κ1) is 28.3. The van der Waals surface area contributed by atoms with Crippen molar-refractivity contribution in [2.45, 2.75) is 36.5 Å². The molecule has 194 valence electrons. The minimum absolute atomic E-state index is 0. The van der Waals surface area contributed by atoms with Crippen LogP contribution < -0.4 is 15.4 Å². The van der Waals surface area contributed by atoms with E-state index >= 15 is 0 Å². The number of alkyl halides is 1. The normalized spacial score (nSPS) is 19.6. The number of likely N-dealkylation sites (tertiary alicyclic amines) is 1. The molecule has 1 amide bonds. The molecule has 0 saturated carbocycles. The van der Waals surface area contributed by atoms with Gasteiger partial charge in [0.2, 0.25) is 11.8 Å². The lowest BCUT2D eigenvalue weighted by Crippen LogP contribution is -2.51. The van der Waals surface area contributed by atoms with Gasteiger partial charge in [-0.1, -0.05) is 0 Å². The molecular weight excluding hydrogens is 526 g/mol. The van der Waals surface area contributed by atoms with Crippen molar-refractivity contribution >= 4 is 59.3 Å². The number of thioether (sulfide) groups is 1. The fraction of sp³-hybridized carbons (Fsp3) is 0.417. The van der Waals surface area contributed by atoms with Gasteiger partial charge in [-0.2, -0.15) is 0 Å². The topological polar surface area (TPSA) is 92.3 Å². The van der Waals surface area contributed by atoms with Gasteiger partial charge >= 0.3 is 0 Å². The summed E-state index contributed by atoms with van der Waals surface area (Å²) in [6.45, 7) is 2.44. The van der Waals surface area contributed by atoms with Gasteiger partial charge in [0.15, 0.2) is 0 Å². The average Bonchev–Trinajstić information content (AvgIpc) is 2.86. The van der Waals surface area contributed by atoms with Crippen molar-refractivity contribution in [3.63, 3.8) is 0 Å². The third-order valence-electron chi connectivity index (χ3n) is 6.25. The second-order valence-corrected chi connectivity index (χ2v) is 9.54. The van der Waals surface area contributed by atoms with Gasteiger partial charge in [0.1, 0.15) is 12.0 Å². The molecule has 8 nitrogen and oxygen atoms in total. The van der Waals surface area contributed by atoms with Gasteiger partial charge in [-0.25, -0.2) is 14.4 Å². The SMILES string of the molecule is COc1ccc2nccc(CCN3CC[C@@H](NCc4ccc5c(n4)NC(=O)CS5)[C@@H](F)C3)c2n1.Cl.Cl. The van der Waals surface area contributed by atoms with Crippen LogP contribution in [0.15, 0.2) is 41.4 Å². The summed E-state index contributed by atoms with van der Waals surface area (Å²) in [5, 5.41) is 6.12. The van der Waals surface area contributed by atoms with Crippen LogP contribution in [0, 0.1) is 0 Å². The van der Waals surface area contributed by atoms with Crippen molar-refractivity contribution in [2.75, 3.05) is 37.8 Å². The summed E-state index contributed by atoms with van der Waals surface area (Å²) in [4.78, 5) is 28.2. The van der Waals surface area contributed by atoms with E-state index in [1.807, 2.05) is 24.3 Å². The average molecular weight is 556 g/mol. The number of amides is 1. The van der Waals surface area contributed by atoms with Crippen LogP contribution in [0.1, 0.15) is 17.7 Å². The van der Waals surface area contributed by atoms with Crippen LogP contribution >= 0.6 is 36.6 Å². The second kappa shape index (κ2) is 12.8. The summed E-state index contributed by atoms with van der Waals surface area (Å²) in [6, 6.07) is 9.36. The number of methoxy groups -OCH3 is 1. The summed E-state index contributed by atoms with van der Waals surface area (Å²) in [5.74, 6) is 1.53. The lowest BCUT2D eigenvalue weighted by molar-refractivity contribution is -0.113. The number of halogens is 3. The predicted octanol–water partition coefficient (Wildman–Crippen LogP) is 3.67. The minimum Gasteiger partial charge on any atom is -0.481 e. The van der Waals surface area contributed by atoms with Crippen LogP contribution in [0.25, 0.3) is 11.0 Å². The molecule has 0 unspecified atom stereocenters. The maximum atomic E-state index is 15.0. The molecule has 2 aliphatic heterocycles. The molecule has 5 heterocycles. The molecule has 36 heavy (non-hydrogen) atoms. The fourth-order valence-corrected chi connectivity index (χ4v) is 5.15. The van der Waals surface area contributed by atoms with Crippen LogP contribution in [0.5, 0.6) is 5.88 Å². The number of hydrogen-bond acceptors (Lipinski definition) is 8. The Balaban J connectivity index is 0.00000180. The molecule has 5 rings (SSSR count). The number of aromatic nitrogens is 3. The van der Waals surface area contributed by atoms with E-state index in [2.05, 4.69) is 30.5 Å². The summed E-state index contributed by atoms with van der Waals surface area (Å²) < 4.78 is 20.2. The monoisotopic (exact) mass is 554 g/mol. The number of fused-ring (bicyclic) bond motifs is 2. The Hall–Kier alpha value is -2.24. The Morgan fingerprint density at radius 1 is 1.22 bits per heavy atom. The zero-order valence-corrected chi connectivity index (χ0v) is 22.2. The molecule has 1 saturated heterocycles. The lowest BCUT2D eigenvalue weighted by Gasteiger charge is -2.35. The maximum Gasteiger partial charge on any atom is 0.235 e. The maximum absolute atomic E-state index is 15.0. The third-order valence-corrected chi connectivity index (χ3v) is 7.30. The highest BCUT2D eigenvalue weighted by molar-refractivity contribution is 8.00. The summed E-state index contributed by atoms with van der Waals surface area (Å²) in [6.07, 6.45) is 2.32. The van der Waals surface area contributed by atoms with E-state index in [0.29, 0.717) is 30.5 Å². The Bertz CT molecular complexity index is 1210. The number of carbonyl (C=O) groups is 1. The smallest absolute Gasteiger partial charge is 0.235 e. The van der Waals surface area contributed by atoms with Crippen molar-refractivity contribution in [1.29, 1.82) is 0 Å². The highest BCUT2D eigenvalue weighted by atomic mass is 35.5. The molecule has 2 aliphatic rings. The van der Waals surface area contributed by atoms with Gasteiger partial charge in [-0.05, 0) is 49.2 Å². The number of hydrogen-bond donors (Lipinski definition) is 2. The standard InChI is InChI=1S/C24H27FN6O2S.2ClH/c1-33-22-5-3-19-23(30-22)15(6-9-26-19)7-10-31-11-8-18(17(25)13-31)27-12-16-2-4-20-24(28-16)29-21(32)14-34-20;;/h2-6,9,17-18,27H,7-8,10-14H2,1H3,(H,28,29,32);2*1H/t17-,18+;;/m0../s1. The number of rotatable bonds is 7. The number of piperidine rings is 1. The van der Waals surface area contributed by atoms with Gasteiger partial charge in [0.25, 0.3) is 0 Å². The molecule has 12 heteroatoms. The Morgan fingerprint density at radius 3 is 2.89 bits per heavy atom. The van der Waals surface area contributed by atoms with Crippen LogP contribution in [0.3, 0.4) is 0 Å². The van der Waals surface area contributed by atoms with E-state index in [0.717, 1.165) is 53.1 Å². The number of ether oxygens (including phenoxy) is 1. The first-order valence-electron chi connectivity index (χ1n) is 11.4. The van der Waals surface area contributed by atoms with E-state index in [1.54, 1.807) is 19.4 Å². The Kier molecular flexibility index (Phi) is 10.1. The van der Waals surface area contributed by atoms with Gasteiger partial charge < -0.3 is 15.4 Å². The number of anilines is 1. The van der Waals surface area contributed by atoms with Gasteiger partial charge in [-0.3, -0.25) is 14.7 Å². The number of pyridine rings is 3. The Labute approximate surface area is 226 Å². The molecule has 3 aromatic rings. The van der Waals surface area contributed by atoms with E-state index in [9.17, 15) is 9.18 Å². The molecule has 0 bridgehead atoms. The molecule has 2 atom stereocenters. The Morgan fingerprint density at radius 2 is 2.08 bits per heavy atom. The quantitative estimate of drug-likeness (QED) is 0.457. The zero-order chi connectivity index (χ0) is 23.5. The van der Waals surface area contributed by atoms with Crippen molar-refractivity contribution in [3.8, 4) is 5.88 Å². The van der Waals surface area contributed by atoms with Crippen LogP contribution in [-0.4, -0.2) is 70.5 Å². The van der Waals surface area contributed by atoms with Crippen molar-refractivity contribution in [2.24, 2.45) is 0 Å². The summed E-state index contributed by atoms with van der Waals surface area (Å²) in [5.41, 5.74) is 3.55.